The molecule has 4 heteroatoms. The highest BCUT2D eigenvalue weighted by Crippen LogP contribution is 2.37. The second-order valence-corrected chi connectivity index (χ2v) is 6.51. The second-order valence-electron chi connectivity index (χ2n) is 6.51. The smallest absolute Gasteiger partial charge is 0.277 e. The minimum Gasteiger partial charge on any atom is -0.293 e. The van der Waals surface area contributed by atoms with E-state index < -0.39 is 0 Å². The summed E-state index contributed by atoms with van der Waals surface area (Å²) in [5.74, 6) is -0.159. The van der Waals surface area contributed by atoms with Crippen molar-refractivity contribution in [3.63, 3.8) is 0 Å². The van der Waals surface area contributed by atoms with Crippen LogP contribution >= 0.6 is 0 Å². The fraction of sp³-hybridized carbons (Fsp3) is 0.136. The van der Waals surface area contributed by atoms with Crippen LogP contribution in [0.4, 0.5) is 5.69 Å². The van der Waals surface area contributed by atoms with E-state index >= 15 is 0 Å². The minimum atomic E-state index is -0.371. The summed E-state index contributed by atoms with van der Waals surface area (Å²) in [7, 11) is 0. The number of ketones is 1. The maximum Gasteiger partial charge on any atom is 0.277 e. The van der Waals surface area contributed by atoms with Crippen molar-refractivity contribution in [2.75, 3.05) is 0 Å². The molecule has 0 saturated heterocycles. The van der Waals surface area contributed by atoms with Gasteiger partial charge in [-0.3, -0.25) is 14.9 Å². The number of nitrogens with zero attached hydrogens (tertiary/aromatic N) is 1. The normalized spacial score (nSPS) is 16.2. The molecule has 0 bridgehead atoms. The van der Waals surface area contributed by atoms with Crippen molar-refractivity contribution >= 4 is 11.5 Å². The number of fused-ring (bicyclic) bond motifs is 1. The number of carbonyl (C=O) groups is 1. The molecule has 4 nitrogen and oxygen atoms in total. The van der Waals surface area contributed by atoms with Crippen molar-refractivity contribution < 1.29 is 9.72 Å². The van der Waals surface area contributed by atoms with Gasteiger partial charge in [0.2, 0.25) is 0 Å². The van der Waals surface area contributed by atoms with Gasteiger partial charge in [0.15, 0.2) is 5.78 Å². The van der Waals surface area contributed by atoms with E-state index in [1.54, 1.807) is 6.07 Å². The van der Waals surface area contributed by atoms with Crippen LogP contribution < -0.4 is 0 Å². The summed E-state index contributed by atoms with van der Waals surface area (Å²) in [4.78, 5) is 24.0. The SMILES string of the molecule is O=C1c2ccccc2CCC1c1ccc([N+](=O)[O-])c(-c2ccccc2)c1. The molecule has 1 aliphatic rings. The van der Waals surface area contributed by atoms with E-state index in [0.29, 0.717) is 5.56 Å². The first-order chi connectivity index (χ1) is 12.6. The van der Waals surface area contributed by atoms with Crippen LogP contribution in [-0.2, 0) is 6.42 Å². The molecule has 3 aromatic rings. The van der Waals surface area contributed by atoms with Gasteiger partial charge in [0, 0.05) is 17.5 Å². The summed E-state index contributed by atoms with van der Waals surface area (Å²) in [5, 5.41) is 11.4. The molecule has 0 spiro atoms. The molecule has 26 heavy (non-hydrogen) atoms. The van der Waals surface area contributed by atoms with Gasteiger partial charge in [-0.2, -0.15) is 0 Å². The lowest BCUT2D eigenvalue weighted by Gasteiger charge is -2.24. The molecule has 0 fully saturated rings. The number of nitro groups is 1. The molecule has 0 saturated carbocycles. The quantitative estimate of drug-likeness (QED) is 0.486. The number of hydrogen-bond acceptors (Lipinski definition) is 3. The fourth-order valence-electron chi connectivity index (χ4n) is 3.69. The topological polar surface area (TPSA) is 60.2 Å². The molecule has 128 valence electrons. The first-order valence-corrected chi connectivity index (χ1v) is 8.61. The van der Waals surface area contributed by atoms with Crippen molar-refractivity contribution in [2.24, 2.45) is 0 Å². The number of aryl methyl sites for hydroxylation is 1. The maximum atomic E-state index is 12.9. The molecule has 0 heterocycles. The molecule has 0 N–H and O–H groups in total. The van der Waals surface area contributed by atoms with Crippen molar-refractivity contribution in [2.45, 2.75) is 18.8 Å². The number of rotatable bonds is 3. The van der Waals surface area contributed by atoms with Gasteiger partial charge >= 0.3 is 0 Å². The summed E-state index contributed by atoms with van der Waals surface area (Å²) in [6.07, 6.45) is 1.56. The Bertz CT molecular complexity index is 995. The van der Waals surface area contributed by atoms with Gasteiger partial charge in [-0.1, -0.05) is 60.7 Å². The third-order valence-corrected chi connectivity index (χ3v) is 5.01. The summed E-state index contributed by atoms with van der Waals surface area (Å²) >= 11 is 0. The lowest BCUT2D eigenvalue weighted by Crippen LogP contribution is -2.20. The van der Waals surface area contributed by atoms with E-state index in [2.05, 4.69) is 0 Å². The predicted octanol–water partition coefficient (Wildman–Crippen LogP) is 5.17. The van der Waals surface area contributed by atoms with Gasteiger partial charge in [-0.05, 0) is 35.6 Å². The Morgan fingerprint density at radius 1 is 0.885 bits per heavy atom. The highest BCUT2D eigenvalue weighted by Gasteiger charge is 2.29. The van der Waals surface area contributed by atoms with Gasteiger partial charge in [0.25, 0.3) is 5.69 Å². The molecule has 0 amide bonds. The number of hydrogen-bond donors (Lipinski definition) is 0. The highest BCUT2D eigenvalue weighted by atomic mass is 16.6. The number of nitro benzene ring substituents is 1. The van der Waals surface area contributed by atoms with E-state index in [0.717, 1.165) is 35.1 Å². The van der Waals surface area contributed by atoms with Crippen LogP contribution in [0, 0.1) is 10.1 Å². The van der Waals surface area contributed by atoms with Crippen molar-refractivity contribution in [3.8, 4) is 11.1 Å². The molecule has 4 rings (SSSR count). The van der Waals surface area contributed by atoms with Gasteiger partial charge in [0.1, 0.15) is 0 Å². The monoisotopic (exact) mass is 343 g/mol. The highest BCUT2D eigenvalue weighted by molar-refractivity contribution is 6.03. The average Bonchev–Trinajstić information content (AvgIpc) is 2.69. The average molecular weight is 343 g/mol. The van der Waals surface area contributed by atoms with Crippen LogP contribution in [0.15, 0.2) is 72.8 Å². The molecule has 0 aromatic heterocycles. The van der Waals surface area contributed by atoms with Crippen molar-refractivity contribution in [1.29, 1.82) is 0 Å². The van der Waals surface area contributed by atoms with E-state index in [1.165, 1.54) is 6.07 Å². The van der Waals surface area contributed by atoms with Crippen LogP contribution in [0.25, 0.3) is 11.1 Å². The van der Waals surface area contributed by atoms with Crippen LogP contribution in [0.2, 0.25) is 0 Å². The zero-order chi connectivity index (χ0) is 18.1. The second kappa shape index (κ2) is 6.56. The minimum absolute atomic E-state index is 0.0589. The third kappa shape index (κ3) is 2.80. The zero-order valence-corrected chi connectivity index (χ0v) is 14.1. The van der Waals surface area contributed by atoms with Crippen molar-refractivity contribution in [3.05, 3.63) is 99.6 Å². The lowest BCUT2D eigenvalue weighted by atomic mass is 9.78. The standard InChI is InChI=1S/C22H17NO3/c24-22-18-9-5-4-8-16(18)10-12-19(22)17-11-13-21(23(25)26)20(14-17)15-6-2-1-3-7-15/h1-9,11,13-14,19H,10,12H2. The Morgan fingerprint density at radius 3 is 2.38 bits per heavy atom. The first kappa shape index (κ1) is 16.2. The Hall–Kier alpha value is -3.27. The molecule has 1 aliphatic carbocycles. The molecule has 1 unspecified atom stereocenters. The molecule has 3 aromatic carbocycles. The summed E-state index contributed by atoms with van der Waals surface area (Å²) in [6.45, 7) is 0. The zero-order valence-electron chi connectivity index (χ0n) is 14.1. The van der Waals surface area contributed by atoms with E-state index in [1.807, 2.05) is 60.7 Å². The Kier molecular flexibility index (Phi) is 4.09. The van der Waals surface area contributed by atoms with Crippen LogP contribution in [0.3, 0.4) is 0 Å². The predicted molar refractivity (Wildman–Crippen MR) is 100 cm³/mol. The van der Waals surface area contributed by atoms with E-state index in [4.69, 9.17) is 0 Å². The summed E-state index contributed by atoms with van der Waals surface area (Å²) in [5.41, 5.74) is 4.09. The first-order valence-electron chi connectivity index (χ1n) is 8.61. The molecule has 1 atom stereocenters. The number of Topliss-reactive ketones (excluding diaryl/α,β-unsaturated/α-hetero) is 1. The number of carbonyl (C=O) groups excluding carboxylic acids is 1. The van der Waals surface area contributed by atoms with Crippen LogP contribution in [-0.4, -0.2) is 10.7 Å². The van der Waals surface area contributed by atoms with Gasteiger partial charge in [0.05, 0.1) is 10.5 Å². The Labute approximate surface area is 151 Å². The van der Waals surface area contributed by atoms with Crippen molar-refractivity contribution in [1.82, 2.24) is 0 Å². The summed E-state index contributed by atoms with van der Waals surface area (Å²) in [6, 6.07) is 22.0. The lowest BCUT2D eigenvalue weighted by molar-refractivity contribution is -0.384. The number of benzene rings is 3. The Morgan fingerprint density at radius 2 is 1.62 bits per heavy atom. The van der Waals surface area contributed by atoms with Gasteiger partial charge in [-0.25, -0.2) is 0 Å². The molecular weight excluding hydrogens is 326 g/mol. The van der Waals surface area contributed by atoms with Gasteiger partial charge in [-0.15, -0.1) is 0 Å². The van der Waals surface area contributed by atoms with Crippen LogP contribution in [0.1, 0.15) is 33.8 Å². The molecule has 0 radical (unpaired) electrons. The van der Waals surface area contributed by atoms with Gasteiger partial charge < -0.3 is 0 Å². The molecular formula is C22H17NO3. The molecule has 0 aliphatic heterocycles. The van der Waals surface area contributed by atoms with E-state index in [9.17, 15) is 14.9 Å². The Balaban J connectivity index is 1.79. The van der Waals surface area contributed by atoms with Crippen LogP contribution in [0.5, 0.6) is 0 Å². The van der Waals surface area contributed by atoms with E-state index in [-0.39, 0.29) is 22.3 Å². The fourth-order valence-corrected chi connectivity index (χ4v) is 3.69. The third-order valence-electron chi connectivity index (χ3n) is 5.01. The largest absolute Gasteiger partial charge is 0.293 e. The maximum absolute atomic E-state index is 12.9. The summed E-state index contributed by atoms with van der Waals surface area (Å²) < 4.78 is 0.